The van der Waals surface area contributed by atoms with Gasteiger partial charge in [-0.25, -0.2) is 4.39 Å². The summed E-state index contributed by atoms with van der Waals surface area (Å²) >= 11 is 0. The van der Waals surface area contributed by atoms with Crippen LogP contribution in [0.4, 0.5) is 10.1 Å². The molecule has 1 atom stereocenters. The zero-order valence-electron chi connectivity index (χ0n) is 21.2. The predicted molar refractivity (Wildman–Crippen MR) is 152 cm³/mol. The quantitative estimate of drug-likeness (QED) is 0.231. The Kier molecular flexibility index (Phi) is 5.90. The van der Waals surface area contributed by atoms with Crippen molar-refractivity contribution in [3.05, 3.63) is 90.5 Å². The number of fused-ring (bicyclic) bond motifs is 2. The van der Waals surface area contributed by atoms with Crippen LogP contribution in [0.5, 0.6) is 0 Å². The second-order valence-electron chi connectivity index (χ2n) is 9.93. The molecule has 6 aromatic rings. The van der Waals surface area contributed by atoms with Crippen LogP contribution >= 0.6 is 0 Å². The molecule has 38 heavy (non-hydrogen) atoms. The second-order valence-corrected chi connectivity index (χ2v) is 9.93. The third-order valence-electron chi connectivity index (χ3n) is 6.80. The molecule has 3 heterocycles. The van der Waals surface area contributed by atoms with E-state index in [9.17, 15) is 4.39 Å². The minimum atomic E-state index is -0.304. The Hall–Kier alpha value is -4.53. The molecule has 0 amide bonds. The molecule has 8 heteroatoms. The van der Waals surface area contributed by atoms with E-state index in [0.29, 0.717) is 12.2 Å². The van der Waals surface area contributed by atoms with Crippen molar-refractivity contribution >= 4 is 27.5 Å². The van der Waals surface area contributed by atoms with Gasteiger partial charge in [0.05, 0.1) is 16.9 Å². The minimum Gasteiger partial charge on any atom is -0.397 e. The highest BCUT2D eigenvalue weighted by atomic mass is 19.1. The number of rotatable bonds is 6. The number of anilines is 1. The van der Waals surface area contributed by atoms with Crippen molar-refractivity contribution in [2.75, 3.05) is 26.4 Å². The number of aromatic amines is 2. The van der Waals surface area contributed by atoms with Crippen LogP contribution in [0.2, 0.25) is 0 Å². The molecule has 190 valence electrons. The first-order valence-corrected chi connectivity index (χ1v) is 12.4. The molecule has 1 unspecified atom stereocenters. The molecule has 0 bridgehead atoms. The van der Waals surface area contributed by atoms with Gasteiger partial charge in [-0.1, -0.05) is 18.2 Å². The first kappa shape index (κ1) is 23.8. The Morgan fingerprint density at radius 3 is 2.58 bits per heavy atom. The Morgan fingerprint density at radius 1 is 0.895 bits per heavy atom. The van der Waals surface area contributed by atoms with E-state index in [0.717, 1.165) is 61.0 Å². The number of nitrogens with zero attached hydrogens (tertiary/aromatic N) is 3. The van der Waals surface area contributed by atoms with Crippen molar-refractivity contribution in [1.82, 2.24) is 25.1 Å². The van der Waals surface area contributed by atoms with E-state index >= 15 is 0 Å². The lowest BCUT2D eigenvalue weighted by molar-refractivity contribution is 0.376. The molecule has 3 aromatic heterocycles. The lowest BCUT2D eigenvalue weighted by Crippen LogP contribution is -2.26. The Balaban J connectivity index is 1.44. The van der Waals surface area contributed by atoms with Gasteiger partial charge >= 0.3 is 0 Å². The summed E-state index contributed by atoms with van der Waals surface area (Å²) in [4.78, 5) is 9.73. The maximum Gasteiger partial charge on any atom is 0.124 e. The van der Waals surface area contributed by atoms with Crippen LogP contribution < -0.4 is 11.5 Å². The molecular formula is C30H28FN7. The van der Waals surface area contributed by atoms with Crippen LogP contribution in [0.15, 0.2) is 79.1 Å². The molecule has 0 saturated heterocycles. The van der Waals surface area contributed by atoms with E-state index in [1.165, 1.54) is 6.07 Å². The van der Waals surface area contributed by atoms with Gasteiger partial charge in [-0.3, -0.25) is 10.1 Å². The molecule has 3 aromatic carbocycles. The number of nitrogen functional groups attached to an aromatic ring is 1. The number of likely N-dealkylation sites (N-methyl/N-ethyl adjacent to an activating group) is 1. The summed E-state index contributed by atoms with van der Waals surface area (Å²) in [5, 5.41) is 9.70. The summed E-state index contributed by atoms with van der Waals surface area (Å²) in [6, 6.07) is 20.8. The van der Waals surface area contributed by atoms with E-state index < -0.39 is 0 Å². The van der Waals surface area contributed by atoms with E-state index in [1.54, 1.807) is 18.5 Å². The monoisotopic (exact) mass is 505 g/mol. The molecule has 7 nitrogen and oxygen atoms in total. The number of hydrogen-bond acceptors (Lipinski definition) is 5. The number of benzene rings is 3. The standard InChI is InChI=1S/C30H28FN7/c1-38(2)16-26(33)19-8-18(9-21(31)10-19)23-4-3-5-27-24(23)13-29(35-27)30-25-12-17(6-7-28(25)36-37-30)20-11-22(32)15-34-14-20/h3-15,26,35H,16,32-33H2,1-2H3,(H,36,37). The van der Waals surface area contributed by atoms with Crippen molar-refractivity contribution in [3.8, 4) is 33.6 Å². The SMILES string of the molecule is CN(C)CC(N)c1cc(F)cc(-c2cccc3[nH]c(-c4n[nH]c5ccc(-c6cncc(N)c6)cc45)cc23)c1. The molecule has 0 fully saturated rings. The van der Waals surface area contributed by atoms with Crippen LogP contribution in [0.25, 0.3) is 55.4 Å². The van der Waals surface area contributed by atoms with E-state index in [1.807, 2.05) is 61.5 Å². The minimum absolute atomic E-state index is 0.291. The number of aromatic nitrogens is 4. The fourth-order valence-electron chi connectivity index (χ4n) is 5.03. The molecule has 0 spiro atoms. The van der Waals surface area contributed by atoms with Gasteiger partial charge in [0.1, 0.15) is 11.5 Å². The number of halogens is 1. The molecule has 0 aliphatic rings. The van der Waals surface area contributed by atoms with Crippen molar-refractivity contribution in [2.45, 2.75) is 6.04 Å². The third kappa shape index (κ3) is 4.40. The first-order valence-electron chi connectivity index (χ1n) is 12.4. The normalized spacial score (nSPS) is 12.6. The van der Waals surface area contributed by atoms with Gasteiger partial charge in [0.2, 0.25) is 0 Å². The maximum atomic E-state index is 14.7. The van der Waals surface area contributed by atoms with Crippen LogP contribution in [0.1, 0.15) is 11.6 Å². The molecule has 0 aliphatic carbocycles. The van der Waals surface area contributed by atoms with Crippen LogP contribution in [0.3, 0.4) is 0 Å². The number of pyridine rings is 1. The summed E-state index contributed by atoms with van der Waals surface area (Å²) in [5.41, 5.74) is 20.9. The van der Waals surface area contributed by atoms with E-state index in [4.69, 9.17) is 11.5 Å². The average Bonchev–Trinajstić information content (AvgIpc) is 3.51. The number of H-pyrrole nitrogens is 2. The third-order valence-corrected chi connectivity index (χ3v) is 6.80. The van der Waals surface area contributed by atoms with Crippen LogP contribution in [-0.2, 0) is 0 Å². The average molecular weight is 506 g/mol. The molecule has 0 radical (unpaired) electrons. The van der Waals surface area contributed by atoms with Crippen molar-refractivity contribution in [2.24, 2.45) is 5.73 Å². The van der Waals surface area contributed by atoms with Gasteiger partial charge in [0.15, 0.2) is 0 Å². The maximum absolute atomic E-state index is 14.7. The summed E-state index contributed by atoms with van der Waals surface area (Å²) < 4.78 is 14.7. The highest BCUT2D eigenvalue weighted by Crippen LogP contribution is 2.36. The van der Waals surface area contributed by atoms with E-state index in [2.05, 4.69) is 32.3 Å². The highest BCUT2D eigenvalue weighted by molar-refractivity contribution is 6.02. The van der Waals surface area contributed by atoms with Gasteiger partial charge in [-0.05, 0) is 84.9 Å². The second kappa shape index (κ2) is 9.41. The lowest BCUT2D eigenvalue weighted by Gasteiger charge is -2.18. The number of nitrogens with one attached hydrogen (secondary N) is 2. The molecule has 0 saturated carbocycles. The first-order chi connectivity index (χ1) is 18.4. The Morgan fingerprint density at radius 2 is 1.76 bits per heavy atom. The zero-order valence-corrected chi connectivity index (χ0v) is 21.2. The smallest absolute Gasteiger partial charge is 0.124 e. The highest BCUT2D eigenvalue weighted by Gasteiger charge is 2.16. The number of nitrogens with two attached hydrogens (primary N) is 2. The van der Waals surface area contributed by atoms with Crippen molar-refractivity contribution in [3.63, 3.8) is 0 Å². The molecular weight excluding hydrogens is 477 g/mol. The lowest BCUT2D eigenvalue weighted by atomic mass is 9.97. The summed E-state index contributed by atoms with van der Waals surface area (Å²) in [7, 11) is 3.91. The Bertz CT molecular complexity index is 1780. The largest absolute Gasteiger partial charge is 0.397 e. The van der Waals surface area contributed by atoms with Gasteiger partial charge in [0, 0.05) is 46.8 Å². The topological polar surface area (TPSA) is 113 Å². The van der Waals surface area contributed by atoms with Gasteiger partial charge in [-0.2, -0.15) is 5.10 Å². The molecule has 6 N–H and O–H groups in total. The zero-order chi connectivity index (χ0) is 26.4. The summed E-state index contributed by atoms with van der Waals surface area (Å²) in [6.45, 7) is 0.626. The van der Waals surface area contributed by atoms with Gasteiger partial charge < -0.3 is 21.4 Å². The van der Waals surface area contributed by atoms with Crippen LogP contribution in [-0.4, -0.2) is 45.7 Å². The van der Waals surface area contributed by atoms with Gasteiger partial charge in [0.25, 0.3) is 0 Å². The number of hydrogen-bond donors (Lipinski definition) is 4. The molecule has 6 rings (SSSR count). The summed E-state index contributed by atoms with van der Waals surface area (Å²) in [5.74, 6) is -0.304. The predicted octanol–water partition coefficient (Wildman–Crippen LogP) is 5.72. The molecule has 0 aliphatic heterocycles. The van der Waals surface area contributed by atoms with Crippen molar-refractivity contribution in [1.29, 1.82) is 0 Å². The van der Waals surface area contributed by atoms with Crippen molar-refractivity contribution < 1.29 is 4.39 Å². The fraction of sp³-hybridized carbons (Fsp3) is 0.133. The summed E-state index contributed by atoms with van der Waals surface area (Å²) in [6.07, 6.45) is 3.43. The Labute approximate surface area is 219 Å². The van der Waals surface area contributed by atoms with Gasteiger partial charge in [-0.15, -0.1) is 0 Å². The fourth-order valence-corrected chi connectivity index (χ4v) is 5.03. The van der Waals surface area contributed by atoms with Crippen LogP contribution in [0, 0.1) is 5.82 Å². The van der Waals surface area contributed by atoms with E-state index in [-0.39, 0.29) is 11.9 Å².